The van der Waals surface area contributed by atoms with Crippen LogP contribution < -0.4 is 15.1 Å². The van der Waals surface area contributed by atoms with E-state index in [-0.39, 0.29) is 12.5 Å². The lowest BCUT2D eigenvalue weighted by Crippen LogP contribution is -2.51. The molecule has 1 aliphatic heterocycles. The first-order valence-electron chi connectivity index (χ1n) is 6.82. The van der Waals surface area contributed by atoms with Gasteiger partial charge in [-0.05, 0) is 0 Å². The molecule has 0 aliphatic carbocycles. The molecule has 0 spiro atoms. The smallest absolute Gasteiger partial charge is 0.246 e. The quantitative estimate of drug-likeness (QED) is 0.841. The summed E-state index contributed by atoms with van der Waals surface area (Å²) < 4.78 is 1.68. The summed E-state index contributed by atoms with van der Waals surface area (Å²) in [7, 11) is 3.58. The third-order valence-electron chi connectivity index (χ3n) is 3.55. The Balaban J connectivity index is 1.81. The van der Waals surface area contributed by atoms with Crippen molar-refractivity contribution in [2.75, 3.05) is 41.8 Å². The molecule has 1 saturated heterocycles. The molecule has 2 aromatic heterocycles. The Labute approximate surface area is 132 Å². The van der Waals surface area contributed by atoms with E-state index in [1.807, 2.05) is 18.1 Å². The minimum absolute atomic E-state index is 0.00367. The zero-order valence-corrected chi connectivity index (χ0v) is 13.1. The van der Waals surface area contributed by atoms with Crippen molar-refractivity contribution in [3.8, 4) is 0 Å². The number of aromatic nitrogens is 4. The number of carbonyl (C=O) groups excluding carboxylic acids is 1. The van der Waals surface area contributed by atoms with E-state index in [1.54, 1.807) is 22.8 Å². The van der Waals surface area contributed by atoms with Gasteiger partial charge in [0.2, 0.25) is 5.91 Å². The van der Waals surface area contributed by atoms with Gasteiger partial charge in [0, 0.05) is 33.4 Å². The van der Waals surface area contributed by atoms with E-state index >= 15 is 0 Å². The van der Waals surface area contributed by atoms with Crippen molar-refractivity contribution in [3.63, 3.8) is 0 Å². The average Bonchev–Trinajstić information content (AvgIpc) is 2.93. The van der Waals surface area contributed by atoms with Crippen LogP contribution in [0.15, 0.2) is 18.7 Å². The molecule has 116 valence electrons. The molecule has 2 aromatic rings. The van der Waals surface area contributed by atoms with Gasteiger partial charge in [0.1, 0.15) is 12.0 Å². The Morgan fingerprint density at radius 2 is 2.14 bits per heavy atom. The van der Waals surface area contributed by atoms with Gasteiger partial charge in [0.05, 0.1) is 18.4 Å². The van der Waals surface area contributed by atoms with E-state index < -0.39 is 0 Å². The summed E-state index contributed by atoms with van der Waals surface area (Å²) >= 11 is 6.07. The lowest BCUT2D eigenvalue weighted by Gasteiger charge is -2.34. The van der Waals surface area contributed by atoms with Crippen LogP contribution in [0.1, 0.15) is 0 Å². The molecule has 0 saturated carbocycles. The van der Waals surface area contributed by atoms with Crippen molar-refractivity contribution in [1.82, 2.24) is 19.7 Å². The number of piperazine rings is 1. The average molecular weight is 322 g/mol. The number of halogens is 1. The first-order chi connectivity index (χ1) is 10.6. The molecule has 0 unspecified atom stereocenters. The van der Waals surface area contributed by atoms with Gasteiger partial charge in [-0.15, -0.1) is 0 Å². The van der Waals surface area contributed by atoms with Crippen LogP contribution in [0.2, 0.25) is 5.15 Å². The number of carbonyl (C=O) groups is 1. The van der Waals surface area contributed by atoms with Gasteiger partial charge >= 0.3 is 0 Å². The SMILES string of the molecule is CNc1c(Cl)ncnc1N1CCN(c2cnn(C)c2)C(=O)C1. The van der Waals surface area contributed by atoms with E-state index in [2.05, 4.69) is 20.4 Å². The van der Waals surface area contributed by atoms with Crippen LogP contribution in [0.25, 0.3) is 0 Å². The van der Waals surface area contributed by atoms with Crippen molar-refractivity contribution in [2.45, 2.75) is 0 Å². The first-order valence-corrected chi connectivity index (χ1v) is 7.20. The maximum Gasteiger partial charge on any atom is 0.246 e. The second-order valence-electron chi connectivity index (χ2n) is 4.95. The third kappa shape index (κ3) is 2.57. The number of nitrogens with zero attached hydrogens (tertiary/aromatic N) is 6. The first kappa shape index (κ1) is 14.6. The van der Waals surface area contributed by atoms with E-state index in [0.29, 0.717) is 29.7 Å². The predicted octanol–water partition coefficient (Wildman–Crippen LogP) is 0.758. The lowest BCUT2D eigenvalue weighted by atomic mass is 10.2. The molecule has 0 atom stereocenters. The molecule has 1 fully saturated rings. The van der Waals surface area contributed by atoms with Gasteiger partial charge in [-0.2, -0.15) is 5.10 Å². The van der Waals surface area contributed by atoms with E-state index in [0.717, 1.165) is 5.69 Å². The third-order valence-corrected chi connectivity index (χ3v) is 3.84. The number of amides is 1. The van der Waals surface area contributed by atoms with Gasteiger partial charge < -0.3 is 15.1 Å². The van der Waals surface area contributed by atoms with Crippen LogP contribution >= 0.6 is 11.6 Å². The van der Waals surface area contributed by atoms with Gasteiger partial charge in [0.15, 0.2) is 11.0 Å². The Bertz CT molecular complexity index is 701. The number of hydrogen-bond acceptors (Lipinski definition) is 6. The monoisotopic (exact) mass is 321 g/mol. The maximum atomic E-state index is 12.4. The predicted molar refractivity (Wildman–Crippen MR) is 84.4 cm³/mol. The minimum Gasteiger partial charge on any atom is -0.383 e. The molecule has 1 aliphatic rings. The molecule has 3 heterocycles. The lowest BCUT2D eigenvalue weighted by molar-refractivity contribution is -0.117. The zero-order chi connectivity index (χ0) is 15.7. The molecule has 8 nitrogen and oxygen atoms in total. The summed E-state index contributed by atoms with van der Waals surface area (Å²) in [5.74, 6) is 0.637. The van der Waals surface area contributed by atoms with Crippen molar-refractivity contribution < 1.29 is 4.79 Å². The zero-order valence-electron chi connectivity index (χ0n) is 12.3. The number of aryl methyl sites for hydroxylation is 1. The molecular weight excluding hydrogens is 306 g/mol. The summed E-state index contributed by atoms with van der Waals surface area (Å²) in [6.07, 6.45) is 4.92. The fourth-order valence-electron chi connectivity index (χ4n) is 2.48. The number of anilines is 3. The number of nitrogens with one attached hydrogen (secondary N) is 1. The summed E-state index contributed by atoms with van der Waals surface area (Å²) in [4.78, 5) is 24.2. The highest BCUT2D eigenvalue weighted by Gasteiger charge is 2.28. The molecule has 0 radical (unpaired) electrons. The highest BCUT2D eigenvalue weighted by Crippen LogP contribution is 2.30. The molecule has 22 heavy (non-hydrogen) atoms. The standard InChI is InChI=1S/C13H16ClN7O/c1-15-11-12(14)16-8-17-13(11)20-3-4-21(10(22)7-20)9-5-18-19(2)6-9/h5-6,8,15H,3-4,7H2,1-2H3. The molecular formula is C13H16ClN7O. The van der Waals surface area contributed by atoms with Crippen LogP contribution in [0.4, 0.5) is 17.2 Å². The molecule has 0 aromatic carbocycles. The van der Waals surface area contributed by atoms with Crippen LogP contribution in [0.5, 0.6) is 0 Å². The molecule has 1 N–H and O–H groups in total. The Morgan fingerprint density at radius 3 is 2.77 bits per heavy atom. The summed E-state index contributed by atoms with van der Waals surface area (Å²) in [6.45, 7) is 1.45. The Morgan fingerprint density at radius 1 is 1.32 bits per heavy atom. The second kappa shape index (κ2) is 5.80. The summed E-state index contributed by atoms with van der Waals surface area (Å²) in [5, 5.41) is 7.43. The van der Waals surface area contributed by atoms with Crippen molar-refractivity contribution in [1.29, 1.82) is 0 Å². The normalized spacial score (nSPS) is 15.3. The van der Waals surface area contributed by atoms with Gasteiger partial charge in [-0.1, -0.05) is 11.6 Å². The number of hydrogen-bond donors (Lipinski definition) is 1. The summed E-state index contributed by atoms with van der Waals surface area (Å²) in [5.41, 5.74) is 1.44. The van der Waals surface area contributed by atoms with Gasteiger partial charge in [0.25, 0.3) is 0 Å². The van der Waals surface area contributed by atoms with E-state index in [4.69, 9.17) is 11.6 Å². The molecule has 0 bridgehead atoms. The fourth-order valence-corrected chi connectivity index (χ4v) is 2.71. The second-order valence-corrected chi connectivity index (χ2v) is 5.31. The highest BCUT2D eigenvalue weighted by molar-refractivity contribution is 6.32. The van der Waals surface area contributed by atoms with Gasteiger partial charge in [-0.3, -0.25) is 9.48 Å². The van der Waals surface area contributed by atoms with Crippen LogP contribution in [0.3, 0.4) is 0 Å². The topological polar surface area (TPSA) is 79.2 Å². The van der Waals surface area contributed by atoms with Crippen LogP contribution in [0, 0.1) is 0 Å². The van der Waals surface area contributed by atoms with Crippen molar-refractivity contribution in [2.24, 2.45) is 7.05 Å². The molecule has 1 amide bonds. The van der Waals surface area contributed by atoms with E-state index in [1.165, 1.54) is 6.33 Å². The minimum atomic E-state index is -0.00367. The largest absolute Gasteiger partial charge is 0.383 e. The van der Waals surface area contributed by atoms with E-state index in [9.17, 15) is 4.79 Å². The Kier molecular flexibility index (Phi) is 3.84. The van der Waals surface area contributed by atoms with Crippen LogP contribution in [-0.2, 0) is 11.8 Å². The number of rotatable bonds is 3. The fraction of sp³-hybridized carbons (Fsp3) is 0.385. The highest BCUT2D eigenvalue weighted by atomic mass is 35.5. The maximum absolute atomic E-state index is 12.4. The summed E-state index contributed by atoms with van der Waals surface area (Å²) in [6, 6.07) is 0. The van der Waals surface area contributed by atoms with Crippen LogP contribution in [-0.4, -0.2) is 52.3 Å². The Hall–Kier alpha value is -2.35. The molecule has 9 heteroatoms. The van der Waals surface area contributed by atoms with Crippen molar-refractivity contribution in [3.05, 3.63) is 23.9 Å². The van der Waals surface area contributed by atoms with Gasteiger partial charge in [-0.25, -0.2) is 9.97 Å². The van der Waals surface area contributed by atoms with Crippen molar-refractivity contribution >= 4 is 34.7 Å². The molecule has 3 rings (SSSR count).